The molecule has 0 bridgehead atoms. The Kier molecular flexibility index (Phi) is 8.51. The number of hydrogen-bond acceptors (Lipinski definition) is 7. The minimum absolute atomic E-state index is 0.0865. The number of benzene rings is 2. The predicted molar refractivity (Wildman–Crippen MR) is 126 cm³/mol. The number of rotatable bonds is 9. The first kappa shape index (κ1) is 25.5. The molecular formula is C24H30N2O7S. The molecule has 2 aromatic rings. The van der Waals surface area contributed by atoms with Gasteiger partial charge in [-0.05, 0) is 49.6 Å². The Morgan fingerprint density at radius 2 is 1.76 bits per heavy atom. The van der Waals surface area contributed by atoms with Gasteiger partial charge in [-0.25, -0.2) is 8.42 Å². The molecule has 2 aromatic carbocycles. The number of piperidine rings is 1. The number of anilines is 1. The Labute approximate surface area is 200 Å². The van der Waals surface area contributed by atoms with Crippen LogP contribution in [-0.2, 0) is 30.8 Å². The van der Waals surface area contributed by atoms with E-state index in [9.17, 15) is 18.0 Å². The van der Waals surface area contributed by atoms with Crippen LogP contribution >= 0.6 is 0 Å². The van der Waals surface area contributed by atoms with Crippen LogP contribution in [0.5, 0.6) is 11.5 Å². The molecule has 9 nitrogen and oxygen atoms in total. The summed E-state index contributed by atoms with van der Waals surface area (Å²) in [7, 11) is -0.884. The molecule has 1 amide bonds. The quantitative estimate of drug-likeness (QED) is 0.538. The average molecular weight is 491 g/mol. The summed E-state index contributed by atoms with van der Waals surface area (Å²) in [5, 5.41) is 2.85. The van der Waals surface area contributed by atoms with Gasteiger partial charge in [0, 0.05) is 24.8 Å². The second-order valence-corrected chi connectivity index (χ2v) is 9.82. The van der Waals surface area contributed by atoms with Crippen molar-refractivity contribution in [3.05, 3.63) is 48.0 Å². The van der Waals surface area contributed by atoms with Crippen molar-refractivity contribution in [1.29, 1.82) is 0 Å². The van der Waals surface area contributed by atoms with Gasteiger partial charge in [0.15, 0.2) is 11.5 Å². The van der Waals surface area contributed by atoms with Crippen LogP contribution in [0, 0.1) is 5.92 Å². The Hall–Kier alpha value is -3.11. The molecule has 184 valence electrons. The number of esters is 1. The predicted octanol–water partition coefficient (Wildman–Crippen LogP) is 2.85. The second kappa shape index (κ2) is 11.3. The maximum Gasteiger partial charge on any atom is 0.310 e. The van der Waals surface area contributed by atoms with Crippen molar-refractivity contribution in [3.8, 4) is 11.5 Å². The summed E-state index contributed by atoms with van der Waals surface area (Å²) in [6.45, 7) is 2.50. The number of sulfonamides is 1. The molecule has 1 N–H and O–H groups in total. The summed E-state index contributed by atoms with van der Waals surface area (Å²) < 4.78 is 43.1. The SMILES string of the molecule is CCOC(=O)Cc1ccc(NC(=O)[C@H]2CCCN(S(=O)(=O)c3ccc(OC)c(OC)c3)C2)cc1. The molecule has 1 heterocycles. The topological polar surface area (TPSA) is 111 Å². The molecular weight excluding hydrogens is 460 g/mol. The molecule has 0 unspecified atom stereocenters. The van der Waals surface area contributed by atoms with Gasteiger partial charge in [-0.15, -0.1) is 0 Å². The summed E-state index contributed by atoms with van der Waals surface area (Å²) >= 11 is 0. The van der Waals surface area contributed by atoms with Crippen molar-refractivity contribution in [2.45, 2.75) is 31.1 Å². The Morgan fingerprint density at radius 3 is 2.41 bits per heavy atom. The van der Waals surface area contributed by atoms with Crippen molar-refractivity contribution >= 4 is 27.6 Å². The monoisotopic (exact) mass is 490 g/mol. The minimum atomic E-state index is -3.81. The maximum absolute atomic E-state index is 13.2. The zero-order valence-electron chi connectivity index (χ0n) is 19.6. The first-order chi connectivity index (χ1) is 16.3. The van der Waals surface area contributed by atoms with Gasteiger partial charge in [-0.3, -0.25) is 9.59 Å². The summed E-state index contributed by atoms with van der Waals surface area (Å²) in [6.07, 6.45) is 1.32. The summed E-state index contributed by atoms with van der Waals surface area (Å²) in [4.78, 5) is 24.6. The fourth-order valence-electron chi connectivity index (χ4n) is 3.83. The van der Waals surface area contributed by atoms with E-state index in [2.05, 4.69) is 5.32 Å². The molecule has 0 radical (unpaired) electrons. The van der Waals surface area contributed by atoms with E-state index in [0.717, 1.165) is 5.56 Å². The minimum Gasteiger partial charge on any atom is -0.493 e. The van der Waals surface area contributed by atoms with Crippen LogP contribution in [0.2, 0.25) is 0 Å². The van der Waals surface area contributed by atoms with Crippen molar-refractivity contribution in [3.63, 3.8) is 0 Å². The normalized spacial score (nSPS) is 16.5. The number of carbonyl (C=O) groups excluding carboxylic acids is 2. The molecule has 1 fully saturated rings. The van der Waals surface area contributed by atoms with Crippen LogP contribution in [0.3, 0.4) is 0 Å². The van der Waals surface area contributed by atoms with E-state index < -0.39 is 15.9 Å². The molecule has 34 heavy (non-hydrogen) atoms. The lowest BCUT2D eigenvalue weighted by Crippen LogP contribution is -2.43. The van der Waals surface area contributed by atoms with E-state index >= 15 is 0 Å². The molecule has 1 aliphatic heterocycles. The number of nitrogens with one attached hydrogen (secondary N) is 1. The Bertz CT molecular complexity index is 1120. The zero-order chi connectivity index (χ0) is 24.7. The number of amides is 1. The second-order valence-electron chi connectivity index (χ2n) is 7.89. The molecule has 1 aliphatic rings. The summed E-state index contributed by atoms with van der Waals surface area (Å²) in [6, 6.07) is 11.4. The van der Waals surface area contributed by atoms with E-state index in [1.807, 2.05) is 0 Å². The standard InChI is InChI=1S/C24H30N2O7S/c1-4-33-23(27)14-17-7-9-19(10-8-17)25-24(28)18-6-5-13-26(16-18)34(29,30)20-11-12-21(31-2)22(15-20)32-3/h7-12,15,18H,4-6,13-14,16H2,1-3H3,(H,25,28)/t18-/m0/s1. The molecule has 10 heteroatoms. The Balaban J connectivity index is 1.66. The fraction of sp³-hybridized carbons (Fsp3) is 0.417. The van der Waals surface area contributed by atoms with E-state index in [-0.39, 0.29) is 29.7 Å². The van der Waals surface area contributed by atoms with Crippen LogP contribution in [-0.4, -0.2) is 58.5 Å². The lowest BCUT2D eigenvalue weighted by atomic mass is 9.98. The number of nitrogens with zero attached hydrogens (tertiary/aromatic N) is 1. The van der Waals surface area contributed by atoms with Gasteiger partial charge in [-0.1, -0.05) is 12.1 Å². The number of ether oxygens (including phenoxy) is 3. The third-order valence-corrected chi connectivity index (χ3v) is 7.48. The highest BCUT2D eigenvalue weighted by Crippen LogP contribution is 2.32. The van der Waals surface area contributed by atoms with Crippen molar-refractivity contribution in [2.24, 2.45) is 5.92 Å². The van der Waals surface area contributed by atoms with Crippen molar-refractivity contribution in [2.75, 3.05) is 39.2 Å². The van der Waals surface area contributed by atoms with E-state index in [0.29, 0.717) is 43.2 Å². The highest BCUT2D eigenvalue weighted by molar-refractivity contribution is 7.89. The summed E-state index contributed by atoms with van der Waals surface area (Å²) in [5.74, 6) is -0.280. The maximum atomic E-state index is 13.2. The molecule has 0 saturated carbocycles. The highest BCUT2D eigenvalue weighted by Gasteiger charge is 2.33. The molecule has 1 saturated heterocycles. The van der Waals surface area contributed by atoms with Crippen LogP contribution in [0.25, 0.3) is 0 Å². The van der Waals surface area contributed by atoms with Crippen LogP contribution in [0.4, 0.5) is 5.69 Å². The average Bonchev–Trinajstić information content (AvgIpc) is 2.85. The fourth-order valence-corrected chi connectivity index (χ4v) is 5.37. The smallest absolute Gasteiger partial charge is 0.310 e. The number of methoxy groups -OCH3 is 2. The first-order valence-electron chi connectivity index (χ1n) is 11.1. The van der Waals surface area contributed by atoms with Gasteiger partial charge >= 0.3 is 5.97 Å². The van der Waals surface area contributed by atoms with Gasteiger partial charge < -0.3 is 19.5 Å². The van der Waals surface area contributed by atoms with Gasteiger partial charge in [0.1, 0.15) is 0 Å². The number of carbonyl (C=O) groups is 2. The van der Waals surface area contributed by atoms with Gasteiger partial charge in [0.05, 0.1) is 38.1 Å². The molecule has 0 spiro atoms. The third kappa shape index (κ3) is 6.06. The summed E-state index contributed by atoms with van der Waals surface area (Å²) in [5.41, 5.74) is 1.36. The largest absolute Gasteiger partial charge is 0.493 e. The van der Waals surface area contributed by atoms with E-state index in [1.54, 1.807) is 37.3 Å². The number of hydrogen-bond donors (Lipinski definition) is 1. The van der Waals surface area contributed by atoms with Crippen molar-refractivity contribution < 1.29 is 32.2 Å². The van der Waals surface area contributed by atoms with Gasteiger partial charge in [0.2, 0.25) is 15.9 Å². The lowest BCUT2D eigenvalue weighted by molar-refractivity contribution is -0.142. The lowest BCUT2D eigenvalue weighted by Gasteiger charge is -2.31. The molecule has 3 rings (SSSR count). The van der Waals surface area contributed by atoms with E-state index in [4.69, 9.17) is 14.2 Å². The zero-order valence-corrected chi connectivity index (χ0v) is 20.4. The van der Waals surface area contributed by atoms with Crippen LogP contribution in [0.15, 0.2) is 47.4 Å². The van der Waals surface area contributed by atoms with Crippen LogP contribution < -0.4 is 14.8 Å². The van der Waals surface area contributed by atoms with E-state index in [1.165, 1.54) is 30.7 Å². The third-order valence-electron chi connectivity index (χ3n) is 5.62. The first-order valence-corrected chi connectivity index (χ1v) is 12.5. The molecule has 0 aromatic heterocycles. The molecule has 1 atom stereocenters. The van der Waals surface area contributed by atoms with Crippen molar-refractivity contribution in [1.82, 2.24) is 4.31 Å². The van der Waals surface area contributed by atoms with Gasteiger partial charge in [0.25, 0.3) is 0 Å². The molecule has 0 aliphatic carbocycles. The van der Waals surface area contributed by atoms with Gasteiger partial charge in [-0.2, -0.15) is 4.31 Å². The highest BCUT2D eigenvalue weighted by atomic mass is 32.2. The Morgan fingerprint density at radius 1 is 1.06 bits per heavy atom. The van der Waals surface area contributed by atoms with Crippen LogP contribution in [0.1, 0.15) is 25.3 Å².